The molecule has 0 saturated heterocycles. The number of fused-ring (bicyclic) bond motifs is 6. The van der Waals surface area contributed by atoms with Crippen molar-refractivity contribution in [3.63, 3.8) is 0 Å². The monoisotopic (exact) mass is 704 g/mol. The lowest BCUT2D eigenvalue weighted by atomic mass is 9.95. The molecule has 2 heterocycles. The van der Waals surface area contributed by atoms with Crippen molar-refractivity contribution in [1.82, 2.24) is 0 Å². The first-order chi connectivity index (χ1) is 25.3. The Balaban J connectivity index is 0.000000226. The summed E-state index contributed by atoms with van der Waals surface area (Å²) in [6.45, 7) is 0. The summed E-state index contributed by atoms with van der Waals surface area (Å²) in [5, 5.41) is 5.36. The van der Waals surface area contributed by atoms with E-state index < -0.39 is 0 Å². The molecule has 0 nitrogen and oxygen atoms in total. The molecule has 0 aliphatic heterocycles. The standard InChI is InChI=1S/C36H22S2.C12H10S/c1-3-19-33-29(13-1)31-17-7-15-27(35(31)37-33)25-11-5-9-23(21-25)24-10-6-12-26(22-24)28-16-8-18-32-30-14-2-4-20-34(30)38-36(28)32;1-3-7-11(8-4-1)13-12-9-5-2-6-10-12/h1-22H;1-10H. The van der Waals surface area contributed by atoms with E-state index in [1.165, 1.54) is 83.5 Å². The second kappa shape index (κ2) is 14.0. The van der Waals surface area contributed by atoms with E-state index in [0.29, 0.717) is 0 Å². The lowest BCUT2D eigenvalue weighted by Crippen LogP contribution is -1.84. The summed E-state index contributed by atoms with van der Waals surface area (Å²) >= 11 is 5.56. The van der Waals surface area contributed by atoms with Gasteiger partial charge in [-0.05, 0) is 81.9 Å². The molecule has 0 N–H and O–H groups in total. The van der Waals surface area contributed by atoms with Crippen molar-refractivity contribution in [1.29, 1.82) is 0 Å². The van der Waals surface area contributed by atoms with Crippen LogP contribution >= 0.6 is 34.4 Å². The molecule has 51 heavy (non-hydrogen) atoms. The van der Waals surface area contributed by atoms with E-state index in [1.807, 2.05) is 34.8 Å². The molecular formula is C48H32S3. The topological polar surface area (TPSA) is 0 Å². The summed E-state index contributed by atoms with van der Waals surface area (Å²) in [4.78, 5) is 2.57. The number of hydrogen-bond donors (Lipinski definition) is 0. The lowest BCUT2D eigenvalue weighted by Gasteiger charge is -2.10. The maximum atomic E-state index is 2.35. The summed E-state index contributed by atoms with van der Waals surface area (Å²) in [6, 6.07) is 69.7. The minimum Gasteiger partial charge on any atom is -0.135 e. The molecule has 0 radical (unpaired) electrons. The van der Waals surface area contributed by atoms with Crippen LogP contribution in [0.4, 0.5) is 0 Å². The molecule has 0 unspecified atom stereocenters. The Morgan fingerprint density at radius 2 is 0.667 bits per heavy atom. The molecule has 8 aromatic carbocycles. The molecule has 0 spiro atoms. The van der Waals surface area contributed by atoms with Gasteiger partial charge in [0.15, 0.2) is 0 Å². The minimum absolute atomic E-state index is 1.24. The zero-order valence-corrected chi connectivity index (χ0v) is 30.1. The third-order valence-electron chi connectivity index (χ3n) is 9.21. The molecule has 0 saturated carbocycles. The predicted octanol–water partition coefficient (Wildman–Crippen LogP) is 15.3. The molecule has 0 amide bonds. The molecule has 0 aliphatic rings. The quantitative estimate of drug-likeness (QED) is 0.172. The summed E-state index contributed by atoms with van der Waals surface area (Å²) in [5.74, 6) is 0. The van der Waals surface area contributed by atoms with Gasteiger partial charge in [-0.3, -0.25) is 0 Å². The summed E-state index contributed by atoms with van der Waals surface area (Å²) < 4.78 is 5.40. The van der Waals surface area contributed by atoms with Crippen molar-refractivity contribution in [2.75, 3.05) is 0 Å². The third kappa shape index (κ3) is 6.37. The van der Waals surface area contributed by atoms with Crippen LogP contribution in [0.25, 0.3) is 73.7 Å². The van der Waals surface area contributed by atoms with Crippen LogP contribution in [-0.2, 0) is 0 Å². The second-order valence-electron chi connectivity index (χ2n) is 12.5. The molecule has 0 fully saturated rings. The maximum Gasteiger partial charge on any atom is 0.0433 e. The number of thiophene rings is 2. The summed E-state index contributed by atoms with van der Waals surface area (Å²) in [6.07, 6.45) is 0. The maximum absolute atomic E-state index is 2.35. The Morgan fingerprint density at radius 1 is 0.294 bits per heavy atom. The lowest BCUT2D eigenvalue weighted by molar-refractivity contribution is 1.41. The highest BCUT2D eigenvalue weighted by atomic mass is 32.2. The van der Waals surface area contributed by atoms with Crippen LogP contribution < -0.4 is 0 Å². The fourth-order valence-electron chi connectivity index (χ4n) is 6.79. The Labute approximate surface area is 310 Å². The van der Waals surface area contributed by atoms with E-state index in [1.54, 1.807) is 11.8 Å². The minimum atomic E-state index is 1.24. The average Bonchev–Trinajstić information content (AvgIpc) is 3.78. The van der Waals surface area contributed by atoms with E-state index in [-0.39, 0.29) is 0 Å². The largest absolute Gasteiger partial charge is 0.135 e. The molecule has 2 aromatic heterocycles. The molecule has 0 aliphatic carbocycles. The van der Waals surface area contributed by atoms with Gasteiger partial charge in [0.1, 0.15) is 0 Å². The van der Waals surface area contributed by atoms with E-state index in [0.717, 1.165) is 0 Å². The van der Waals surface area contributed by atoms with Crippen LogP contribution in [0, 0.1) is 0 Å². The van der Waals surface area contributed by atoms with Gasteiger partial charge in [0, 0.05) is 50.1 Å². The molecule has 242 valence electrons. The average molecular weight is 705 g/mol. The van der Waals surface area contributed by atoms with Crippen LogP contribution in [0.2, 0.25) is 0 Å². The first-order valence-corrected chi connectivity index (χ1v) is 19.5. The molecule has 3 heteroatoms. The molecule has 0 bridgehead atoms. The fourth-order valence-corrected chi connectivity index (χ4v) is 10.1. The van der Waals surface area contributed by atoms with Crippen molar-refractivity contribution in [2.24, 2.45) is 0 Å². The summed E-state index contributed by atoms with van der Waals surface area (Å²) in [7, 11) is 0. The van der Waals surface area contributed by atoms with E-state index in [4.69, 9.17) is 0 Å². The van der Waals surface area contributed by atoms with Gasteiger partial charge >= 0.3 is 0 Å². The molecular weight excluding hydrogens is 673 g/mol. The normalized spacial score (nSPS) is 11.2. The second-order valence-corrected chi connectivity index (χ2v) is 15.7. The van der Waals surface area contributed by atoms with Crippen molar-refractivity contribution in [2.45, 2.75) is 9.79 Å². The van der Waals surface area contributed by atoms with E-state index in [9.17, 15) is 0 Å². The Kier molecular flexibility index (Phi) is 8.68. The van der Waals surface area contributed by atoms with Gasteiger partial charge in [-0.1, -0.05) is 157 Å². The van der Waals surface area contributed by atoms with Crippen LogP contribution in [0.3, 0.4) is 0 Å². The molecule has 10 rings (SSSR count). The van der Waals surface area contributed by atoms with Crippen molar-refractivity contribution < 1.29 is 0 Å². The van der Waals surface area contributed by atoms with Crippen LogP contribution in [-0.4, -0.2) is 0 Å². The Morgan fingerprint density at radius 3 is 1.14 bits per heavy atom. The Bertz CT molecular complexity index is 2580. The smallest absolute Gasteiger partial charge is 0.0433 e. The molecule has 10 aromatic rings. The van der Waals surface area contributed by atoms with Gasteiger partial charge < -0.3 is 0 Å². The predicted molar refractivity (Wildman–Crippen MR) is 226 cm³/mol. The van der Waals surface area contributed by atoms with E-state index in [2.05, 4.69) is 182 Å². The zero-order valence-electron chi connectivity index (χ0n) is 27.7. The van der Waals surface area contributed by atoms with Crippen molar-refractivity contribution in [3.05, 3.63) is 194 Å². The number of benzene rings is 8. The first-order valence-electron chi connectivity index (χ1n) is 17.1. The third-order valence-corrected chi connectivity index (χ3v) is 12.7. The highest BCUT2D eigenvalue weighted by molar-refractivity contribution is 7.99. The van der Waals surface area contributed by atoms with Crippen LogP contribution in [0.15, 0.2) is 204 Å². The SMILES string of the molecule is c1cc(-c2cccc(-c3cccc4c3sc3ccccc34)c2)cc(-c2cccc3c2sc2ccccc23)c1.c1ccc(Sc2ccccc2)cc1. The highest BCUT2D eigenvalue weighted by Gasteiger charge is 2.13. The van der Waals surface area contributed by atoms with Crippen LogP contribution in [0.1, 0.15) is 0 Å². The van der Waals surface area contributed by atoms with Gasteiger partial charge in [0.2, 0.25) is 0 Å². The van der Waals surface area contributed by atoms with Crippen molar-refractivity contribution >= 4 is 74.8 Å². The Hall–Kier alpha value is -5.45. The van der Waals surface area contributed by atoms with E-state index >= 15 is 0 Å². The highest BCUT2D eigenvalue weighted by Crippen LogP contribution is 2.42. The van der Waals surface area contributed by atoms with Crippen molar-refractivity contribution in [3.8, 4) is 33.4 Å². The van der Waals surface area contributed by atoms with Gasteiger partial charge in [0.25, 0.3) is 0 Å². The van der Waals surface area contributed by atoms with Gasteiger partial charge in [-0.2, -0.15) is 0 Å². The number of rotatable bonds is 5. The fraction of sp³-hybridized carbons (Fsp3) is 0. The van der Waals surface area contributed by atoms with Gasteiger partial charge in [-0.25, -0.2) is 0 Å². The van der Waals surface area contributed by atoms with Gasteiger partial charge in [0.05, 0.1) is 0 Å². The molecule has 0 atom stereocenters. The van der Waals surface area contributed by atoms with Gasteiger partial charge in [-0.15, -0.1) is 22.7 Å². The summed E-state index contributed by atoms with van der Waals surface area (Å²) in [5.41, 5.74) is 7.61. The first kappa shape index (κ1) is 31.5. The van der Waals surface area contributed by atoms with Crippen LogP contribution in [0.5, 0.6) is 0 Å². The zero-order chi connectivity index (χ0) is 34.0. The number of hydrogen-bond acceptors (Lipinski definition) is 3.